The highest BCUT2D eigenvalue weighted by Crippen LogP contribution is 2.79. The smallest absolute Gasteiger partial charge is 0.343 e. The highest BCUT2D eigenvalue weighted by atomic mass is 16.8. The summed E-state index contributed by atoms with van der Waals surface area (Å²) in [5.74, 6) is -0.662. The molecule has 0 bridgehead atoms. The second kappa shape index (κ2) is 5.74. The molecule has 5 atom stereocenters. The van der Waals surface area contributed by atoms with E-state index in [4.69, 9.17) is 29.4 Å². The van der Waals surface area contributed by atoms with Gasteiger partial charge in [-0.2, -0.15) is 10.5 Å². The molecule has 0 aromatic heterocycles. The Labute approximate surface area is 162 Å². The number of hydrogen-bond acceptors (Lipinski definition) is 8. The molecule has 0 radical (unpaired) electrons. The SMILES string of the molecule is COc1cc([C@H]2[C@@]3(C#N)[C@]4([NH+]=C(N)[C@@]23C#N)OC[C@H](C)O4)cc(OC)c1OC. The van der Waals surface area contributed by atoms with E-state index in [0.29, 0.717) is 22.8 Å². The number of rotatable bonds is 4. The molecule has 1 saturated carbocycles. The normalized spacial score (nSPS) is 37.6. The van der Waals surface area contributed by atoms with Gasteiger partial charge in [0.15, 0.2) is 22.3 Å². The highest BCUT2D eigenvalue weighted by Gasteiger charge is 2.97. The fourth-order valence-corrected chi connectivity index (χ4v) is 4.73. The van der Waals surface area contributed by atoms with E-state index in [1.807, 2.05) is 6.92 Å². The lowest BCUT2D eigenvalue weighted by molar-refractivity contribution is -0.677. The summed E-state index contributed by atoms with van der Waals surface area (Å²) in [5, 5.41) is 20.3. The molecule has 28 heavy (non-hydrogen) atoms. The quantitative estimate of drug-likeness (QED) is 0.700. The lowest BCUT2D eigenvalue weighted by Crippen LogP contribution is -2.90. The monoisotopic (exact) mass is 385 g/mol. The molecule has 0 unspecified atom stereocenters. The first kappa shape index (κ1) is 18.4. The molecular weight excluding hydrogens is 364 g/mol. The molecule has 146 valence electrons. The molecule has 9 heteroatoms. The van der Waals surface area contributed by atoms with E-state index in [9.17, 15) is 10.5 Å². The van der Waals surface area contributed by atoms with Gasteiger partial charge in [-0.1, -0.05) is 0 Å². The summed E-state index contributed by atoms with van der Waals surface area (Å²) in [6.45, 7) is 2.12. The van der Waals surface area contributed by atoms with E-state index in [-0.39, 0.29) is 18.5 Å². The third-order valence-electron chi connectivity index (χ3n) is 5.91. The summed E-state index contributed by atoms with van der Waals surface area (Å²) in [7, 11) is 4.51. The molecule has 0 amide bonds. The summed E-state index contributed by atoms with van der Waals surface area (Å²) in [5.41, 5.74) is 4.22. The van der Waals surface area contributed by atoms with Crippen molar-refractivity contribution < 1.29 is 28.7 Å². The van der Waals surface area contributed by atoms with Crippen molar-refractivity contribution in [2.75, 3.05) is 27.9 Å². The van der Waals surface area contributed by atoms with Crippen molar-refractivity contribution in [1.29, 1.82) is 10.5 Å². The van der Waals surface area contributed by atoms with Crippen LogP contribution in [0.3, 0.4) is 0 Å². The van der Waals surface area contributed by atoms with Gasteiger partial charge >= 0.3 is 5.91 Å². The first-order valence-corrected chi connectivity index (χ1v) is 8.76. The average molecular weight is 385 g/mol. The maximum absolute atomic E-state index is 10.2. The number of ether oxygens (including phenoxy) is 5. The van der Waals surface area contributed by atoms with Crippen molar-refractivity contribution in [3.05, 3.63) is 17.7 Å². The van der Waals surface area contributed by atoms with Gasteiger partial charge in [-0.25, -0.2) is 4.99 Å². The summed E-state index contributed by atoms with van der Waals surface area (Å²) in [6, 6.07) is 8.00. The van der Waals surface area contributed by atoms with Gasteiger partial charge in [-0.3, -0.25) is 5.73 Å². The number of benzene rings is 1. The van der Waals surface area contributed by atoms with Crippen molar-refractivity contribution in [3.8, 4) is 29.4 Å². The Morgan fingerprint density at radius 1 is 1.14 bits per heavy atom. The van der Waals surface area contributed by atoms with Crippen molar-refractivity contribution in [2.24, 2.45) is 16.6 Å². The number of methoxy groups -OCH3 is 3. The van der Waals surface area contributed by atoms with Crippen molar-refractivity contribution in [1.82, 2.24) is 0 Å². The third-order valence-corrected chi connectivity index (χ3v) is 5.91. The standard InChI is InChI=1S/C19H20N4O5/c1-10-7-27-19(28-10)18(9-21)15(17(18,8-20)16(22)23-19)11-5-12(24-2)14(26-4)13(6-11)25-3/h5-6,10,15H,7H2,1-4H3,(H2,22,23)/p+1/t10-,15+,17+,18+,19-/m0/s1. The minimum absolute atomic E-state index is 0.157. The molecule has 3 N–H and O–H groups in total. The van der Waals surface area contributed by atoms with E-state index in [2.05, 4.69) is 17.1 Å². The predicted octanol–water partition coefficient (Wildman–Crippen LogP) is -0.630. The topological polar surface area (TPSA) is 134 Å². The van der Waals surface area contributed by atoms with Crippen molar-refractivity contribution >= 4 is 5.84 Å². The van der Waals surface area contributed by atoms with Gasteiger partial charge in [-0.05, 0) is 24.6 Å². The Bertz CT molecular complexity index is 941. The van der Waals surface area contributed by atoms with Crippen LogP contribution in [-0.4, -0.2) is 45.8 Å². The van der Waals surface area contributed by atoms with Crippen LogP contribution in [0.5, 0.6) is 17.2 Å². The van der Waals surface area contributed by atoms with Crippen LogP contribution in [0.15, 0.2) is 12.1 Å². The number of nitriles is 2. The molecule has 2 aliphatic heterocycles. The summed E-state index contributed by atoms with van der Waals surface area (Å²) in [6.07, 6.45) is -0.249. The molecule has 1 aromatic rings. The van der Waals surface area contributed by atoms with Gasteiger partial charge in [0.05, 0.1) is 46.2 Å². The number of hydrogen-bond donors (Lipinski definition) is 2. The zero-order valence-electron chi connectivity index (χ0n) is 16.0. The van der Waals surface area contributed by atoms with E-state index in [1.165, 1.54) is 21.3 Å². The van der Waals surface area contributed by atoms with Gasteiger partial charge in [0.1, 0.15) is 0 Å². The van der Waals surface area contributed by atoms with Crippen LogP contribution in [0.25, 0.3) is 0 Å². The van der Waals surface area contributed by atoms with Crippen LogP contribution in [0.4, 0.5) is 0 Å². The van der Waals surface area contributed by atoms with Gasteiger partial charge in [0, 0.05) is 5.92 Å². The largest absolute Gasteiger partial charge is 0.493 e. The molecule has 3 aliphatic rings. The Morgan fingerprint density at radius 2 is 1.79 bits per heavy atom. The molecule has 4 rings (SSSR count). The van der Waals surface area contributed by atoms with Gasteiger partial charge < -0.3 is 23.7 Å². The lowest BCUT2D eigenvalue weighted by atomic mass is 9.93. The number of nitrogens with one attached hydrogen (secondary N) is 1. The van der Waals surface area contributed by atoms with Gasteiger partial charge in [0.25, 0.3) is 5.84 Å². The summed E-state index contributed by atoms with van der Waals surface area (Å²) >= 11 is 0. The molecule has 1 spiro atoms. The number of fused-ring (bicyclic) bond motifs is 2. The fourth-order valence-electron chi connectivity index (χ4n) is 4.73. The fraction of sp³-hybridized carbons (Fsp3) is 0.526. The van der Waals surface area contributed by atoms with Crippen LogP contribution >= 0.6 is 0 Å². The highest BCUT2D eigenvalue weighted by molar-refractivity contribution is 5.95. The Kier molecular flexibility index (Phi) is 3.76. The lowest BCUT2D eigenvalue weighted by Gasteiger charge is -2.24. The number of nitrogens with zero attached hydrogens (tertiary/aromatic N) is 2. The van der Waals surface area contributed by atoms with Crippen LogP contribution in [0.2, 0.25) is 0 Å². The van der Waals surface area contributed by atoms with Crippen molar-refractivity contribution in [2.45, 2.75) is 24.9 Å². The van der Waals surface area contributed by atoms with Crippen LogP contribution in [0, 0.1) is 33.5 Å². The van der Waals surface area contributed by atoms with Crippen LogP contribution < -0.4 is 24.9 Å². The second-order valence-corrected chi connectivity index (χ2v) is 7.13. The zero-order chi connectivity index (χ0) is 20.3. The Morgan fingerprint density at radius 3 is 2.21 bits per heavy atom. The Balaban J connectivity index is 1.92. The molecule has 1 saturated heterocycles. The third kappa shape index (κ3) is 1.78. The van der Waals surface area contributed by atoms with E-state index in [0.717, 1.165) is 0 Å². The Hall–Kier alpha value is -3.01. The van der Waals surface area contributed by atoms with E-state index < -0.39 is 22.7 Å². The summed E-state index contributed by atoms with van der Waals surface area (Å²) in [4.78, 5) is 2.94. The number of nitrogens with two attached hydrogens (primary N) is 1. The molecule has 2 heterocycles. The molecule has 2 fully saturated rings. The van der Waals surface area contributed by atoms with Gasteiger partial charge in [-0.15, -0.1) is 0 Å². The second-order valence-electron chi connectivity index (χ2n) is 7.13. The van der Waals surface area contributed by atoms with Gasteiger partial charge in [0.2, 0.25) is 5.75 Å². The maximum atomic E-state index is 10.2. The van der Waals surface area contributed by atoms with Crippen LogP contribution in [-0.2, 0) is 9.47 Å². The van der Waals surface area contributed by atoms with Crippen molar-refractivity contribution in [3.63, 3.8) is 0 Å². The average Bonchev–Trinajstić information content (AvgIpc) is 3.10. The van der Waals surface area contributed by atoms with E-state index >= 15 is 0 Å². The minimum Gasteiger partial charge on any atom is -0.493 e. The zero-order valence-corrected chi connectivity index (χ0v) is 16.0. The molecule has 9 nitrogen and oxygen atoms in total. The number of amidine groups is 1. The maximum Gasteiger partial charge on any atom is 0.343 e. The summed E-state index contributed by atoms with van der Waals surface area (Å²) < 4.78 is 28.1. The first-order valence-electron chi connectivity index (χ1n) is 8.76. The minimum atomic E-state index is -1.48. The van der Waals surface area contributed by atoms with Crippen LogP contribution in [0.1, 0.15) is 18.4 Å². The predicted molar refractivity (Wildman–Crippen MR) is 94.3 cm³/mol. The molecule has 1 aliphatic carbocycles. The molecular formula is C19H21N4O5+. The van der Waals surface area contributed by atoms with E-state index in [1.54, 1.807) is 12.1 Å². The first-order chi connectivity index (χ1) is 13.4. The molecule has 1 aromatic carbocycles.